The molecule has 2 N–H and O–H groups in total. The third-order valence-electron chi connectivity index (χ3n) is 5.02. The van der Waals surface area contributed by atoms with E-state index in [2.05, 4.69) is 17.2 Å². The fourth-order valence-corrected chi connectivity index (χ4v) is 3.58. The lowest BCUT2D eigenvalue weighted by molar-refractivity contribution is 0.101. The van der Waals surface area contributed by atoms with Gasteiger partial charge in [0.25, 0.3) is 5.91 Å². The molecule has 6 heteroatoms. The van der Waals surface area contributed by atoms with Gasteiger partial charge in [0.2, 0.25) is 5.78 Å². The maximum absolute atomic E-state index is 13.7. The topological polar surface area (TPSA) is 58.2 Å². The molecule has 0 saturated heterocycles. The normalized spacial score (nSPS) is 13.1. The molecule has 0 unspecified atom stereocenters. The van der Waals surface area contributed by atoms with E-state index in [1.165, 1.54) is 12.1 Å². The van der Waals surface area contributed by atoms with Crippen molar-refractivity contribution in [1.29, 1.82) is 0 Å². The number of rotatable bonds is 5. The highest BCUT2D eigenvalue weighted by Crippen LogP contribution is 2.35. The van der Waals surface area contributed by atoms with Crippen LogP contribution in [0, 0.1) is 5.82 Å². The molecule has 4 nitrogen and oxygen atoms in total. The molecule has 31 heavy (non-hydrogen) atoms. The molecule has 0 spiro atoms. The number of para-hydroxylation sites is 1. The van der Waals surface area contributed by atoms with Crippen LogP contribution in [0.4, 0.5) is 10.1 Å². The smallest absolute Gasteiger partial charge is 0.255 e. The molecule has 154 valence electrons. The van der Waals surface area contributed by atoms with Crippen LogP contribution in [0.1, 0.15) is 31.8 Å². The van der Waals surface area contributed by atoms with Gasteiger partial charge in [-0.2, -0.15) is 0 Å². The van der Waals surface area contributed by atoms with Crippen molar-refractivity contribution < 1.29 is 14.0 Å². The molecule has 0 aliphatic heterocycles. The summed E-state index contributed by atoms with van der Waals surface area (Å²) in [6.07, 6.45) is 0. The van der Waals surface area contributed by atoms with E-state index in [9.17, 15) is 14.0 Å². The van der Waals surface area contributed by atoms with Gasteiger partial charge in [-0.25, -0.2) is 4.39 Å². The van der Waals surface area contributed by atoms with Crippen molar-refractivity contribution in [3.05, 3.63) is 118 Å². The van der Waals surface area contributed by atoms with Crippen LogP contribution in [0.25, 0.3) is 5.57 Å². The number of anilines is 1. The quantitative estimate of drug-likeness (QED) is 0.557. The number of hydrogen-bond donors (Lipinski definition) is 2. The third kappa shape index (κ3) is 4.13. The van der Waals surface area contributed by atoms with Crippen molar-refractivity contribution in [2.24, 2.45) is 0 Å². The summed E-state index contributed by atoms with van der Waals surface area (Å²) in [5.41, 5.74) is 3.53. The molecule has 1 amide bonds. The van der Waals surface area contributed by atoms with Crippen LogP contribution >= 0.6 is 11.6 Å². The molecule has 1 aliphatic rings. The first-order valence-corrected chi connectivity index (χ1v) is 9.95. The lowest BCUT2D eigenvalue weighted by Crippen LogP contribution is -2.25. The van der Waals surface area contributed by atoms with Crippen molar-refractivity contribution in [3.8, 4) is 0 Å². The van der Waals surface area contributed by atoms with E-state index in [-0.39, 0.29) is 11.5 Å². The average Bonchev–Trinajstić information content (AvgIpc) is 2.79. The molecular weight excluding hydrogens is 415 g/mol. The highest BCUT2D eigenvalue weighted by Gasteiger charge is 2.27. The first-order valence-electron chi connectivity index (χ1n) is 9.57. The van der Waals surface area contributed by atoms with Crippen LogP contribution in [-0.2, 0) is 6.54 Å². The zero-order valence-corrected chi connectivity index (χ0v) is 17.2. The van der Waals surface area contributed by atoms with Gasteiger partial charge in [0.1, 0.15) is 11.5 Å². The van der Waals surface area contributed by atoms with Gasteiger partial charge >= 0.3 is 0 Å². The van der Waals surface area contributed by atoms with Crippen LogP contribution in [-0.4, -0.2) is 11.7 Å². The Morgan fingerprint density at radius 3 is 2.29 bits per heavy atom. The Labute approximate surface area is 184 Å². The number of Topliss-reactive ketones (excluding diaryl/α,β-unsaturated/α-hetero) is 1. The largest absolute Gasteiger partial charge is 0.377 e. The number of nitrogens with one attached hydrogen (secondary N) is 2. The van der Waals surface area contributed by atoms with Gasteiger partial charge in [-0.05, 0) is 41.0 Å². The summed E-state index contributed by atoms with van der Waals surface area (Å²) in [6.45, 7) is 4.33. The number of allylic oxidation sites excluding steroid dienone is 3. The number of benzene rings is 3. The van der Waals surface area contributed by atoms with Gasteiger partial charge in [-0.15, -0.1) is 0 Å². The Morgan fingerprint density at radius 2 is 1.58 bits per heavy atom. The van der Waals surface area contributed by atoms with Crippen LogP contribution in [0.5, 0.6) is 0 Å². The SMILES string of the molecule is C=C1C(Cl)=C(NCc2ccc(C(=O)Nc3ccccc3F)cc2)C(=O)c2ccccc21. The monoisotopic (exact) mass is 432 g/mol. The predicted octanol–water partition coefficient (Wildman–Crippen LogP) is 5.53. The third-order valence-corrected chi connectivity index (χ3v) is 5.43. The second-order valence-corrected chi connectivity index (χ2v) is 7.40. The molecule has 0 saturated carbocycles. The molecule has 4 rings (SSSR count). The van der Waals surface area contributed by atoms with Crippen molar-refractivity contribution in [3.63, 3.8) is 0 Å². The zero-order valence-electron chi connectivity index (χ0n) is 16.4. The second kappa shape index (κ2) is 8.58. The fraction of sp³-hybridized carbons (Fsp3) is 0.0400. The summed E-state index contributed by atoms with van der Waals surface area (Å²) in [5, 5.41) is 5.93. The Hall–Kier alpha value is -3.70. The van der Waals surface area contributed by atoms with E-state index in [1.54, 1.807) is 48.5 Å². The van der Waals surface area contributed by atoms with Crippen LogP contribution in [0.2, 0.25) is 0 Å². The Morgan fingerprint density at radius 1 is 0.935 bits per heavy atom. The van der Waals surface area contributed by atoms with Gasteiger partial charge < -0.3 is 10.6 Å². The van der Waals surface area contributed by atoms with Gasteiger partial charge in [-0.3, -0.25) is 9.59 Å². The molecular formula is C25H18ClFN2O2. The average molecular weight is 433 g/mol. The van der Waals surface area contributed by atoms with E-state index in [1.807, 2.05) is 12.1 Å². The summed E-state index contributed by atoms with van der Waals surface area (Å²) in [5.74, 6) is -1.10. The zero-order chi connectivity index (χ0) is 22.0. The maximum atomic E-state index is 13.7. The molecule has 1 aliphatic carbocycles. The molecule has 0 fully saturated rings. The number of fused-ring (bicyclic) bond motifs is 1. The minimum atomic E-state index is -0.498. The Bertz CT molecular complexity index is 1230. The molecule has 3 aromatic rings. The van der Waals surface area contributed by atoms with Crippen LogP contribution in [0.3, 0.4) is 0 Å². The van der Waals surface area contributed by atoms with Crippen molar-refractivity contribution >= 4 is 34.6 Å². The Balaban J connectivity index is 1.45. The lowest BCUT2D eigenvalue weighted by Gasteiger charge is -2.21. The van der Waals surface area contributed by atoms with Crippen LogP contribution in [0.15, 0.2) is 90.1 Å². The van der Waals surface area contributed by atoms with E-state index >= 15 is 0 Å². The molecule has 0 bridgehead atoms. The highest BCUT2D eigenvalue weighted by molar-refractivity contribution is 6.41. The lowest BCUT2D eigenvalue weighted by atomic mass is 9.90. The highest BCUT2D eigenvalue weighted by atomic mass is 35.5. The number of carbonyl (C=O) groups excluding carboxylic acids is 2. The number of carbonyl (C=O) groups is 2. The first-order chi connectivity index (χ1) is 15.0. The molecule has 0 aromatic heterocycles. The van der Waals surface area contributed by atoms with Gasteiger partial charge in [-0.1, -0.05) is 66.7 Å². The standard InChI is InChI=1S/C25H18ClFN2O2/c1-15-18-6-2-3-7-19(18)24(30)23(22(15)26)28-14-16-10-12-17(13-11-16)25(31)29-21-9-5-4-8-20(21)27/h2-13,28H,1,14H2,(H,29,31). The molecule has 0 radical (unpaired) electrons. The van der Waals surface area contributed by atoms with Crippen LogP contribution < -0.4 is 10.6 Å². The van der Waals surface area contributed by atoms with E-state index in [0.717, 1.165) is 11.1 Å². The minimum Gasteiger partial charge on any atom is -0.377 e. The number of halogens is 2. The molecule has 0 heterocycles. The summed E-state index contributed by atoms with van der Waals surface area (Å²) in [6, 6.07) is 20.0. The van der Waals surface area contributed by atoms with E-state index in [0.29, 0.717) is 34.0 Å². The van der Waals surface area contributed by atoms with Crippen molar-refractivity contribution in [2.75, 3.05) is 5.32 Å². The summed E-state index contributed by atoms with van der Waals surface area (Å²) >= 11 is 6.39. The number of hydrogen-bond acceptors (Lipinski definition) is 3. The Kier molecular flexibility index (Phi) is 5.69. The van der Waals surface area contributed by atoms with E-state index in [4.69, 9.17) is 11.6 Å². The van der Waals surface area contributed by atoms with Crippen molar-refractivity contribution in [2.45, 2.75) is 6.54 Å². The van der Waals surface area contributed by atoms with Gasteiger partial charge in [0.15, 0.2) is 0 Å². The minimum absolute atomic E-state index is 0.121. The molecule has 0 atom stereocenters. The second-order valence-electron chi connectivity index (χ2n) is 7.03. The van der Waals surface area contributed by atoms with Gasteiger partial charge in [0.05, 0.1) is 10.7 Å². The van der Waals surface area contributed by atoms with Crippen molar-refractivity contribution in [1.82, 2.24) is 5.32 Å². The maximum Gasteiger partial charge on any atom is 0.255 e. The van der Waals surface area contributed by atoms with E-state index < -0.39 is 11.7 Å². The number of amides is 1. The van der Waals surface area contributed by atoms with Gasteiger partial charge in [0, 0.05) is 17.7 Å². The summed E-state index contributed by atoms with van der Waals surface area (Å²) in [4.78, 5) is 25.2. The fourth-order valence-electron chi connectivity index (χ4n) is 3.33. The first kappa shape index (κ1) is 20.6. The summed E-state index contributed by atoms with van der Waals surface area (Å²) < 4.78 is 13.7. The summed E-state index contributed by atoms with van der Waals surface area (Å²) in [7, 11) is 0. The predicted molar refractivity (Wildman–Crippen MR) is 120 cm³/mol. The number of ketones is 1. The molecule has 3 aromatic carbocycles.